The fraction of sp³-hybridized carbons (Fsp3) is 0.417. The number of phenols is 5. The van der Waals surface area contributed by atoms with Crippen LogP contribution in [0.3, 0.4) is 0 Å². The number of hydrogen-bond acceptors (Lipinski definition) is 15. The number of likely N-dealkylation sites (tertiary alicyclic amines) is 1. The number of aryl methyl sites for hydroxylation is 1. The van der Waals surface area contributed by atoms with Crippen molar-refractivity contribution >= 4 is 34.4 Å². The lowest BCUT2D eigenvalue weighted by Crippen LogP contribution is -2.47. The summed E-state index contributed by atoms with van der Waals surface area (Å²) in [5.41, 5.74) is 21.6. The molecular formula is C72H89N7O8S. The number of amidine groups is 1. The second-order valence-corrected chi connectivity index (χ2v) is 27.3. The van der Waals surface area contributed by atoms with Gasteiger partial charge in [-0.1, -0.05) is 68.5 Å². The predicted molar refractivity (Wildman–Crippen MR) is 354 cm³/mol. The zero-order valence-corrected chi connectivity index (χ0v) is 53.7. The largest absolute Gasteiger partial charge is 0.508 e. The van der Waals surface area contributed by atoms with Crippen LogP contribution >= 0.6 is 11.3 Å². The van der Waals surface area contributed by atoms with Gasteiger partial charge in [0.2, 0.25) is 0 Å². The SMILES string of the molecule is CCOc1ccc2c(c1)C(C)=CC(C)(C)C2.CN1CC[C@@H]2c3cc(O)ccc3N(C)[C@@H]21.CN1CCc2cccc3c2[C@@H]1Cc1ccc(O)c(O)c1-3.C[C@](N)(Cc1ccc(O)c(O)c1)C(=O)O.Cc1cc2c(s1)CC1=C(CCC=C1)N=C2N1CCN(C)CC1. The van der Waals surface area contributed by atoms with Crippen LogP contribution in [0.1, 0.15) is 120 Å². The number of nitrogens with two attached hydrogens (primary N) is 1. The molecule has 0 spiro atoms. The zero-order valence-electron chi connectivity index (χ0n) is 52.9. The Hall–Kier alpha value is -7.60. The van der Waals surface area contributed by atoms with Crippen molar-refractivity contribution in [2.45, 2.75) is 117 Å². The van der Waals surface area contributed by atoms with Gasteiger partial charge in [-0.15, -0.1) is 11.3 Å². The molecular weight excluding hydrogens is 1120 g/mol. The number of likely N-dealkylation sites (N-methyl/N-ethyl adjacent to an activating group) is 4. The summed E-state index contributed by atoms with van der Waals surface area (Å²) >= 11 is 1.94. The minimum atomic E-state index is -1.39. The zero-order chi connectivity index (χ0) is 62.9. The third kappa shape index (κ3) is 13.7. The van der Waals surface area contributed by atoms with Gasteiger partial charge in [-0.3, -0.25) is 14.6 Å². The molecule has 5 aromatic carbocycles. The van der Waals surface area contributed by atoms with E-state index in [0.29, 0.717) is 29.4 Å². The number of carbonyl (C=O) groups is 1. The average Bonchev–Trinajstić information content (AvgIpc) is 1.30. The highest BCUT2D eigenvalue weighted by molar-refractivity contribution is 7.12. The van der Waals surface area contributed by atoms with Crippen LogP contribution in [0.15, 0.2) is 125 Å². The molecule has 6 heterocycles. The number of allylic oxidation sites excluding steroid dienone is 6. The minimum Gasteiger partial charge on any atom is -0.508 e. The van der Waals surface area contributed by atoms with Gasteiger partial charge in [0.15, 0.2) is 23.0 Å². The number of benzene rings is 5. The highest BCUT2D eigenvalue weighted by atomic mass is 32.1. The van der Waals surface area contributed by atoms with Crippen LogP contribution in [0.5, 0.6) is 34.5 Å². The minimum absolute atomic E-state index is 0.0163. The van der Waals surface area contributed by atoms with Gasteiger partial charge in [0.1, 0.15) is 22.9 Å². The van der Waals surface area contributed by atoms with E-state index in [1.54, 1.807) is 12.1 Å². The summed E-state index contributed by atoms with van der Waals surface area (Å²) in [6, 6.07) is 28.8. The molecule has 0 radical (unpaired) electrons. The standard InChI is InChI=1S/C18H23N3S.C17H17NO2.C15H20O.C12H16N2O.C10H13NO4/c1-13-11-15-17(22-13)12-14-5-3-4-6-16(14)19-18(15)21-9-7-20(2)8-10-21;1-18-8-7-10-3-2-4-12-15(10)13(18)9-11-5-6-14(19)17(20)16(11)12;1-5-16-13-7-6-12-10-15(3,4)9-11(2)14(12)8-13;1-13-6-5-9-10-7-8(15)3-4-11(10)14(2)12(9)13;1-10(11,9(14)15)5-6-2-3-7(12)8(13)4-6/h3,5,11H,4,6-10,12H2,1-2H3;2-6,13,19-20H,7-9H2,1H3;6-9H,5,10H2,1-4H3;3-4,7,9,12,15H,5-6H2,1-2H3;2-4,12-13H,5,11H2,1H3,(H,14,15)/t;13-;;9-,12+;10-/m.0.10/s1. The predicted octanol–water partition coefficient (Wildman–Crippen LogP) is 12.2. The highest BCUT2D eigenvalue weighted by Gasteiger charge is 2.43. The molecule has 3 aliphatic carbocycles. The monoisotopic (exact) mass is 1210 g/mol. The topological polar surface area (TPSA) is 202 Å². The van der Waals surface area contributed by atoms with Crippen LogP contribution in [-0.4, -0.2) is 148 Å². The van der Waals surface area contributed by atoms with Crippen LogP contribution in [-0.2, 0) is 36.9 Å². The molecule has 6 aromatic rings. The molecule has 2 fully saturated rings. The molecule has 2 saturated heterocycles. The normalized spacial score (nSPS) is 20.9. The van der Waals surface area contributed by atoms with Gasteiger partial charge in [0.25, 0.3) is 0 Å². The summed E-state index contributed by atoms with van der Waals surface area (Å²) in [7, 11) is 8.68. The van der Waals surface area contributed by atoms with Crippen molar-refractivity contribution in [3.8, 4) is 45.6 Å². The van der Waals surface area contributed by atoms with E-state index in [2.05, 4.69) is 141 Å². The molecule has 0 amide bonds. The molecule has 1 aromatic heterocycles. The summed E-state index contributed by atoms with van der Waals surface area (Å²) < 4.78 is 5.55. The Morgan fingerprint density at radius 2 is 1.55 bits per heavy atom. The first-order valence-electron chi connectivity index (χ1n) is 31.0. The van der Waals surface area contributed by atoms with Crippen molar-refractivity contribution in [1.82, 2.24) is 19.6 Å². The van der Waals surface area contributed by atoms with Gasteiger partial charge in [0, 0.05) is 103 Å². The van der Waals surface area contributed by atoms with E-state index in [9.17, 15) is 25.2 Å². The second kappa shape index (κ2) is 26.2. The number of piperazine rings is 1. The summed E-state index contributed by atoms with van der Waals surface area (Å²) in [6.07, 6.45) is 15.1. The highest BCUT2D eigenvalue weighted by Crippen LogP contribution is 2.51. The molecule has 5 aliphatic heterocycles. The lowest BCUT2D eigenvalue weighted by atomic mass is 9.76. The molecule has 0 saturated carbocycles. The van der Waals surface area contributed by atoms with E-state index in [1.807, 2.05) is 36.5 Å². The molecule has 466 valence electrons. The van der Waals surface area contributed by atoms with E-state index in [0.717, 1.165) is 107 Å². The van der Waals surface area contributed by atoms with Crippen LogP contribution in [0, 0.1) is 12.3 Å². The number of aromatic hydroxyl groups is 5. The first kappa shape index (κ1) is 63.4. The molecule has 16 heteroatoms. The number of phenolic OH excluding ortho intramolecular Hbond substituents is 5. The average molecular weight is 1210 g/mol. The number of fused-ring (bicyclic) bond motifs is 7. The Bertz CT molecular complexity index is 3700. The van der Waals surface area contributed by atoms with E-state index >= 15 is 0 Å². The molecule has 15 nitrogen and oxygen atoms in total. The fourth-order valence-electron chi connectivity index (χ4n) is 14.0. The van der Waals surface area contributed by atoms with Crippen molar-refractivity contribution < 1.29 is 40.2 Å². The van der Waals surface area contributed by atoms with Gasteiger partial charge in [-0.2, -0.15) is 0 Å². The maximum Gasteiger partial charge on any atom is 0.323 e. The van der Waals surface area contributed by atoms with E-state index in [1.165, 1.54) is 103 Å². The van der Waals surface area contributed by atoms with Crippen molar-refractivity contribution in [2.24, 2.45) is 16.1 Å². The lowest BCUT2D eigenvalue weighted by Gasteiger charge is -2.39. The summed E-state index contributed by atoms with van der Waals surface area (Å²) in [5.74, 6) is 1.50. The number of carboxylic acid groups (broad SMARTS) is 1. The van der Waals surface area contributed by atoms with E-state index in [-0.39, 0.29) is 34.8 Å². The van der Waals surface area contributed by atoms with E-state index in [4.69, 9.17) is 25.7 Å². The quantitative estimate of drug-likeness (QED) is 0.0804. The first-order chi connectivity index (χ1) is 41.9. The number of carboxylic acids is 1. The van der Waals surface area contributed by atoms with Gasteiger partial charge in [-0.25, -0.2) is 4.99 Å². The fourth-order valence-corrected chi connectivity index (χ4v) is 15.1. The number of anilines is 1. The maximum absolute atomic E-state index is 10.7. The molecule has 4 atom stereocenters. The third-order valence-electron chi connectivity index (χ3n) is 18.5. The molecule has 88 heavy (non-hydrogen) atoms. The summed E-state index contributed by atoms with van der Waals surface area (Å²) in [4.78, 5) is 30.8. The van der Waals surface area contributed by atoms with Gasteiger partial charge in [0.05, 0.1) is 12.8 Å². The molecule has 14 rings (SSSR count). The molecule has 0 unspecified atom stereocenters. The number of aliphatic imine (C=N–C) groups is 1. The number of nitrogens with zero attached hydrogens (tertiary/aromatic N) is 6. The van der Waals surface area contributed by atoms with Crippen LogP contribution in [0.4, 0.5) is 5.69 Å². The summed E-state index contributed by atoms with van der Waals surface area (Å²) in [6.45, 7) is 19.8. The van der Waals surface area contributed by atoms with Crippen LogP contribution < -0.4 is 15.4 Å². The maximum atomic E-state index is 10.7. The van der Waals surface area contributed by atoms with Crippen molar-refractivity contribution in [1.29, 1.82) is 0 Å². The Labute approximate surface area is 523 Å². The number of hydrogen-bond donors (Lipinski definition) is 7. The Kier molecular flexibility index (Phi) is 18.9. The van der Waals surface area contributed by atoms with Gasteiger partial charge < -0.3 is 55.8 Å². The van der Waals surface area contributed by atoms with Crippen LogP contribution in [0.25, 0.3) is 16.7 Å². The van der Waals surface area contributed by atoms with Crippen molar-refractivity contribution in [2.75, 3.05) is 79.0 Å². The molecule has 0 bridgehead atoms. The number of thiophene rings is 1. The lowest BCUT2D eigenvalue weighted by molar-refractivity contribution is -0.142. The first-order valence-corrected chi connectivity index (χ1v) is 31.8. The Morgan fingerprint density at radius 3 is 2.28 bits per heavy atom. The third-order valence-corrected chi connectivity index (χ3v) is 19.5. The number of rotatable bonds is 5. The van der Waals surface area contributed by atoms with E-state index < -0.39 is 11.5 Å². The smallest absolute Gasteiger partial charge is 0.323 e. The Morgan fingerprint density at radius 1 is 0.795 bits per heavy atom. The molecule has 8 N–H and O–H groups in total. The number of aliphatic carboxylic acids is 1. The van der Waals surface area contributed by atoms with Crippen LogP contribution in [0.2, 0.25) is 0 Å². The van der Waals surface area contributed by atoms with Gasteiger partial charge >= 0.3 is 5.97 Å². The van der Waals surface area contributed by atoms with Crippen molar-refractivity contribution in [3.63, 3.8) is 0 Å². The summed E-state index contributed by atoms with van der Waals surface area (Å²) in [5, 5.41) is 56.6. The Balaban J connectivity index is 0.000000123. The van der Waals surface area contributed by atoms with Gasteiger partial charge in [-0.05, 0) is 203 Å². The second-order valence-electron chi connectivity index (χ2n) is 25.9. The molecule has 8 aliphatic rings. The van der Waals surface area contributed by atoms with Crippen molar-refractivity contribution in [3.05, 3.63) is 175 Å². The number of ether oxygens (including phenoxy) is 1.